The number of carboxylic acids is 1. The maximum absolute atomic E-state index is 10.8. The third-order valence-electron chi connectivity index (χ3n) is 2.40. The quantitative estimate of drug-likeness (QED) is 0.748. The van der Waals surface area contributed by atoms with Crippen molar-refractivity contribution < 1.29 is 14.6 Å². The van der Waals surface area contributed by atoms with Crippen LogP contribution >= 0.6 is 0 Å². The van der Waals surface area contributed by atoms with E-state index in [1.165, 1.54) is 6.20 Å². The van der Waals surface area contributed by atoms with Crippen molar-refractivity contribution in [2.24, 2.45) is 0 Å². The van der Waals surface area contributed by atoms with E-state index in [0.717, 1.165) is 19.3 Å². The van der Waals surface area contributed by atoms with Gasteiger partial charge in [0.2, 0.25) is 0 Å². The molecule has 1 unspecified atom stereocenters. The molecular formula is C9H12N2O3. The molecule has 2 heterocycles. The second-order valence-electron chi connectivity index (χ2n) is 3.36. The number of rotatable bonds is 2. The van der Waals surface area contributed by atoms with Gasteiger partial charge >= 0.3 is 5.97 Å². The average Bonchev–Trinajstić information content (AvgIpc) is 2.67. The minimum absolute atomic E-state index is 0.127. The van der Waals surface area contributed by atoms with Gasteiger partial charge in [0.25, 0.3) is 0 Å². The van der Waals surface area contributed by atoms with Crippen molar-refractivity contribution in [2.45, 2.75) is 25.4 Å². The molecule has 1 aliphatic heterocycles. The highest BCUT2D eigenvalue weighted by molar-refractivity contribution is 5.88. The zero-order chi connectivity index (χ0) is 9.97. The van der Waals surface area contributed by atoms with E-state index in [-0.39, 0.29) is 11.7 Å². The topological polar surface area (TPSA) is 75.2 Å². The Bertz CT molecular complexity index is 329. The number of nitrogens with one attached hydrogen (secondary N) is 1. The van der Waals surface area contributed by atoms with Gasteiger partial charge in [-0.15, -0.1) is 0 Å². The van der Waals surface area contributed by atoms with Crippen LogP contribution in [-0.2, 0) is 4.74 Å². The van der Waals surface area contributed by atoms with Crippen molar-refractivity contribution in [1.29, 1.82) is 0 Å². The molecular weight excluding hydrogens is 184 g/mol. The summed E-state index contributed by atoms with van der Waals surface area (Å²) in [6, 6.07) is 0. The molecule has 0 saturated carbocycles. The molecule has 1 fully saturated rings. The van der Waals surface area contributed by atoms with Crippen molar-refractivity contribution >= 4 is 5.97 Å². The first kappa shape index (κ1) is 9.21. The molecule has 1 saturated heterocycles. The molecule has 0 aliphatic carbocycles. The molecule has 1 atom stereocenters. The van der Waals surface area contributed by atoms with Crippen molar-refractivity contribution in [1.82, 2.24) is 10.2 Å². The second kappa shape index (κ2) is 3.79. The van der Waals surface area contributed by atoms with Gasteiger partial charge in [0.15, 0.2) is 0 Å². The molecule has 14 heavy (non-hydrogen) atoms. The number of carbonyl (C=O) groups is 1. The monoisotopic (exact) mass is 196 g/mol. The van der Waals surface area contributed by atoms with Crippen LogP contribution in [0.5, 0.6) is 0 Å². The number of ether oxygens (including phenoxy) is 1. The molecule has 5 heteroatoms. The van der Waals surface area contributed by atoms with Crippen LogP contribution in [0.15, 0.2) is 6.20 Å². The maximum Gasteiger partial charge on any atom is 0.339 e. The molecule has 2 rings (SSSR count). The van der Waals surface area contributed by atoms with Crippen LogP contribution in [0.3, 0.4) is 0 Å². The van der Waals surface area contributed by atoms with Gasteiger partial charge in [-0.1, -0.05) is 0 Å². The van der Waals surface area contributed by atoms with Crippen LogP contribution < -0.4 is 0 Å². The number of H-pyrrole nitrogens is 1. The van der Waals surface area contributed by atoms with Crippen molar-refractivity contribution in [3.8, 4) is 0 Å². The third-order valence-corrected chi connectivity index (χ3v) is 2.40. The fraction of sp³-hybridized carbons (Fsp3) is 0.556. The summed E-state index contributed by atoms with van der Waals surface area (Å²) in [5.41, 5.74) is 0.814. The van der Waals surface area contributed by atoms with Crippen LogP contribution in [0.1, 0.15) is 41.4 Å². The smallest absolute Gasteiger partial charge is 0.339 e. The molecule has 2 N–H and O–H groups in total. The van der Waals surface area contributed by atoms with E-state index in [1.54, 1.807) is 0 Å². The van der Waals surface area contributed by atoms with Crippen LogP contribution in [0, 0.1) is 0 Å². The Morgan fingerprint density at radius 1 is 1.64 bits per heavy atom. The molecule has 1 aromatic heterocycles. The van der Waals surface area contributed by atoms with Gasteiger partial charge < -0.3 is 9.84 Å². The number of aromatic amines is 1. The van der Waals surface area contributed by atoms with Crippen molar-refractivity contribution in [3.63, 3.8) is 0 Å². The van der Waals surface area contributed by atoms with E-state index in [1.807, 2.05) is 0 Å². The van der Waals surface area contributed by atoms with E-state index in [2.05, 4.69) is 10.2 Å². The molecule has 5 nitrogen and oxygen atoms in total. The predicted octanol–water partition coefficient (Wildman–Crippen LogP) is 1.35. The van der Waals surface area contributed by atoms with Crippen LogP contribution in [0.2, 0.25) is 0 Å². The van der Waals surface area contributed by atoms with Crippen LogP contribution in [0.4, 0.5) is 0 Å². The lowest BCUT2D eigenvalue weighted by atomic mass is 10.0. The van der Waals surface area contributed by atoms with Crippen molar-refractivity contribution in [2.75, 3.05) is 6.61 Å². The number of aromatic nitrogens is 2. The molecule has 0 amide bonds. The van der Waals surface area contributed by atoms with Gasteiger partial charge in [-0.05, 0) is 19.3 Å². The van der Waals surface area contributed by atoms with E-state index in [0.29, 0.717) is 12.3 Å². The first-order chi connectivity index (χ1) is 6.79. The molecule has 0 spiro atoms. The number of hydrogen-bond acceptors (Lipinski definition) is 3. The number of carboxylic acid groups (broad SMARTS) is 1. The van der Waals surface area contributed by atoms with Crippen molar-refractivity contribution in [3.05, 3.63) is 17.5 Å². The minimum atomic E-state index is -0.956. The Morgan fingerprint density at radius 3 is 3.14 bits per heavy atom. The summed E-state index contributed by atoms with van der Waals surface area (Å²) in [5.74, 6) is -0.956. The van der Waals surface area contributed by atoms with Crippen LogP contribution in [-0.4, -0.2) is 27.9 Å². The number of hydrogen-bond donors (Lipinski definition) is 2. The summed E-state index contributed by atoms with van der Waals surface area (Å²) in [6.45, 7) is 0.697. The Kier molecular flexibility index (Phi) is 2.49. The van der Waals surface area contributed by atoms with E-state index in [9.17, 15) is 4.79 Å². The Morgan fingerprint density at radius 2 is 2.50 bits per heavy atom. The second-order valence-corrected chi connectivity index (χ2v) is 3.36. The summed E-state index contributed by atoms with van der Waals surface area (Å²) < 4.78 is 5.48. The maximum atomic E-state index is 10.8. The Hall–Kier alpha value is -1.36. The first-order valence-corrected chi connectivity index (χ1v) is 4.67. The van der Waals surface area contributed by atoms with Gasteiger partial charge in [-0.2, -0.15) is 5.10 Å². The lowest BCUT2D eigenvalue weighted by Gasteiger charge is -2.21. The SMILES string of the molecule is O=C(O)c1cn[nH]c1C1CCCCO1. The third kappa shape index (κ3) is 1.63. The number of nitrogens with zero attached hydrogens (tertiary/aromatic N) is 1. The van der Waals surface area contributed by atoms with Gasteiger partial charge in [-0.3, -0.25) is 5.10 Å². The average molecular weight is 196 g/mol. The summed E-state index contributed by atoms with van der Waals surface area (Å²) in [7, 11) is 0. The Balaban J connectivity index is 2.21. The summed E-state index contributed by atoms with van der Waals surface area (Å²) >= 11 is 0. The summed E-state index contributed by atoms with van der Waals surface area (Å²) in [4.78, 5) is 10.8. The lowest BCUT2D eigenvalue weighted by molar-refractivity contribution is 0.0113. The van der Waals surface area contributed by atoms with E-state index >= 15 is 0 Å². The fourth-order valence-corrected chi connectivity index (χ4v) is 1.68. The van der Waals surface area contributed by atoms with Gasteiger partial charge in [0.1, 0.15) is 5.56 Å². The molecule has 1 aliphatic rings. The summed E-state index contributed by atoms with van der Waals surface area (Å²) in [6.07, 6.45) is 4.19. The lowest BCUT2D eigenvalue weighted by Crippen LogP contribution is -2.14. The zero-order valence-electron chi connectivity index (χ0n) is 7.69. The standard InChI is InChI=1S/C9H12N2O3/c12-9(13)6-5-10-11-8(6)7-3-1-2-4-14-7/h5,7H,1-4H2,(H,10,11)(H,12,13). The van der Waals surface area contributed by atoms with E-state index in [4.69, 9.17) is 9.84 Å². The fourth-order valence-electron chi connectivity index (χ4n) is 1.68. The normalized spacial score (nSPS) is 22.1. The summed E-state index contributed by atoms with van der Waals surface area (Å²) in [5, 5.41) is 15.3. The van der Waals surface area contributed by atoms with Gasteiger partial charge in [-0.25, -0.2) is 4.79 Å². The van der Waals surface area contributed by atoms with Crippen LogP contribution in [0.25, 0.3) is 0 Å². The molecule has 0 aromatic carbocycles. The van der Waals surface area contributed by atoms with Gasteiger partial charge in [0, 0.05) is 6.61 Å². The highest BCUT2D eigenvalue weighted by Gasteiger charge is 2.23. The zero-order valence-corrected chi connectivity index (χ0v) is 7.69. The highest BCUT2D eigenvalue weighted by atomic mass is 16.5. The van der Waals surface area contributed by atoms with E-state index < -0.39 is 5.97 Å². The Labute approximate surface area is 81.1 Å². The minimum Gasteiger partial charge on any atom is -0.478 e. The molecule has 76 valence electrons. The van der Waals surface area contributed by atoms with Gasteiger partial charge in [0.05, 0.1) is 18.0 Å². The molecule has 1 aromatic rings. The first-order valence-electron chi connectivity index (χ1n) is 4.67. The molecule has 0 radical (unpaired) electrons. The number of aromatic carboxylic acids is 1. The largest absolute Gasteiger partial charge is 0.478 e. The molecule has 0 bridgehead atoms. The highest BCUT2D eigenvalue weighted by Crippen LogP contribution is 2.28. The predicted molar refractivity (Wildman–Crippen MR) is 48.1 cm³/mol.